The number of carbonyl (C=O) groups is 1. The van der Waals surface area contributed by atoms with Gasteiger partial charge in [-0.3, -0.25) is 9.69 Å². The standard InChI is InChI=1S/C23H29N3O4S/c27-23(20-6-5-18-3-1-4-19(18)17-20)25-21-7-9-22(10-8-21)31(28,29)24-11-2-12-26-13-15-30-16-14-26/h5-10,17,24H,1-4,11-16H2,(H,25,27). The van der Waals surface area contributed by atoms with E-state index in [1.54, 1.807) is 12.1 Å². The molecule has 1 aliphatic carbocycles. The summed E-state index contributed by atoms with van der Waals surface area (Å²) in [7, 11) is -3.57. The number of nitrogens with zero attached hydrogens (tertiary/aromatic N) is 1. The number of morpholine rings is 1. The Balaban J connectivity index is 1.29. The Hall–Kier alpha value is -2.26. The topological polar surface area (TPSA) is 87.7 Å². The van der Waals surface area contributed by atoms with Gasteiger partial charge in [0.05, 0.1) is 18.1 Å². The van der Waals surface area contributed by atoms with Crippen molar-refractivity contribution in [3.8, 4) is 0 Å². The van der Waals surface area contributed by atoms with Crippen molar-refractivity contribution >= 4 is 21.6 Å². The van der Waals surface area contributed by atoms with Crippen LogP contribution in [0.3, 0.4) is 0 Å². The van der Waals surface area contributed by atoms with Gasteiger partial charge >= 0.3 is 0 Å². The molecule has 0 unspecified atom stereocenters. The molecule has 7 nitrogen and oxygen atoms in total. The average molecular weight is 444 g/mol. The second-order valence-electron chi connectivity index (χ2n) is 8.02. The summed E-state index contributed by atoms with van der Waals surface area (Å²) in [6.45, 7) is 4.50. The number of aryl methyl sites for hydroxylation is 2. The maximum absolute atomic E-state index is 12.5. The number of hydrogen-bond acceptors (Lipinski definition) is 5. The van der Waals surface area contributed by atoms with Gasteiger partial charge < -0.3 is 10.1 Å². The first kappa shape index (κ1) is 22.0. The summed E-state index contributed by atoms with van der Waals surface area (Å²) in [4.78, 5) is 15.0. The molecule has 31 heavy (non-hydrogen) atoms. The molecule has 1 saturated heterocycles. The molecule has 0 aromatic heterocycles. The van der Waals surface area contributed by atoms with Crippen LogP contribution in [-0.4, -0.2) is 58.6 Å². The SMILES string of the molecule is O=C(Nc1ccc(S(=O)(=O)NCCCN2CCOCC2)cc1)c1ccc2c(c1)CCC2. The minimum Gasteiger partial charge on any atom is -0.379 e. The van der Waals surface area contributed by atoms with Crippen molar-refractivity contribution in [3.05, 3.63) is 59.2 Å². The van der Waals surface area contributed by atoms with Crippen molar-refractivity contribution in [2.45, 2.75) is 30.6 Å². The van der Waals surface area contributed by atoms with Gasteiger partial charge in [0.25, 0.3) is 5.91 Å². The molecule has 0 atom stereocenters. The van der Waals surface area contributed by atoms with Crippen LogP contribution < -0.4 is 10.0 Å². The maximum Gasteiger partial charge on any atom is 0.255 e. The van der Waals surface area contributed by atoms with E-state index in [1.807, 2.05) is 18.2 Å². The summed E-state index contributed by atoms with van der Waals surface area (Å²) in [6.07, 6.45) is 3.97. The minimum absolute atomic E-state index is 0.188. The zero-order valence-electron chi connectivity index (χ0n) is 17.6. The van der Waals surface area contributed by atoms with Crippen LogP contribution in [0.15, 0.2) is 47.4 Å². The van der Waals surface area contributed by atoms with Gasteiger partial charge in [0.1, 0.15) is 0 Å². The van der Waals surface area contributed by atoms with Crippen LogP contribution in [0.4, 0.5) is 5.69 Å². The summed E-state index contributed by atoms with van der Waals surface area (Å²) < 4.78 is 33.0. The van der Waals surface area contributed by atoms with Crippen molar-refractivity contribution in [1.29, 1.82) is 0 Å². The molecule has 2 aromatic rings. The molecular formula is C23H29N3O4S. The molecule has 166 valence electrons. The van der Waals surface area contributed by atoms with Crippen LogP contribution in [0.25, 0.3) is 0 Å². The van der Waals surface area contributed by atoms with E-state index in [4.69, 9.17) is 4.74 Å². The van der Waals surface area contributed by atoms with Crippen molar-refractivity contribution < 1.29 is 17.9 Å². The van der Waals surface area contributed by atoms with Crippen LogP contribution in [0, 0.1) is 0 Å². The fraction of sp³-hybridized carbons (Fsp3) is 0.435. The quantitative estimate of drug-likeness (QED) is 0.612. The highest BCUT2D eigenvalue weighted by Gasteiger charge is 2.16. The summed E-state index contributed by atoms with van der Waals surface area (Å²) in [6, 6.07) is 12.1. The first-order valence-corrected chi connectivity index (χ1v) is 12.3. The Morgan fingerprint density at radius 3 is 2.52 bits per heavy atom. The summed E-state index contributed by atoms with van der Waals surface area (Å²) in [5.41, 5.74) is 3.76. The largest absolute Gasteiger partial charge is 0.379 e. The first-order valence-electron chi connectivity index (χ1n) is 10.8. The second kappa shape index (κ2) is 9.91. The Labute approximate surface area is 183 Å². The predicted octanol–water partition coefficient (Wildman–Crippen LogP) is 2.43. The van der Waals surface area contributed by atoms with Gasteiger partial charge in [0, 0.05) is 30.9 Å². The molecule has 1 amide bonds. The van der Waals surface area contributed by atoms with Gasteiger partial charge in [0.2, 0.25) is 10.0 Å². The molecule has 8 heteroatoms. The molecule has 1 fully saturated rings. The number of carbonyl (C=O) groups excluding carboxylic acids is 1. The summed E-state index contributed by atoms with van der Waals surface area (Å²) >= 11 is 0. The van der Waals surface area contributed by atoms with Gasteiger partial charge in [-0.25, -0.2) is 13.1 Å². The molecule has 2 aromatic carbocycles. The lowest BCUT2D eigenvalue weighted by molar-refractivity contribution is 0.0376. The lowest BCUT2D eigenvalue weighted by atomic mass is 10.1. The monoisotopic (exact) mass is 443 g/mol. The van der Waals surface area contributed by atoms with Crippen LogP contribution in [-0.2, 0) is 27.6 Å². The Kier molecular flexibility index (Phi) is 7.02. The highest BCUT2D eigenvalue weighted by molar-refractivity contribution is 7.89. The molecule has 0 bridgehead atoms. The zero-order valence-corrected chi connectivity index (χ0v) is 18.4. The predicted molar refractivity (Wildman–Crippen MR) is 120 cm³/mol. The van der Waals surface area contributed by atoms with Gasteiger partial charge in [-0.1, -0.05) is 6.07 Å². The molecule has 2 N–H and O–H groups in total. The minimum atomic E-state index is -3.57. The van der Waals surface area contributed by atoms with Crippen LogP contribution in [0.2, 0.25) is 0 Å². The Morgan fingerprint density at radius 1 is 1.00 bits per heavy atom. The number of amides is 1. The van der Waals surface area contributed by atoms with Crippen molar-refractivity contribution in [3.63, 3.8) is 0 Å². The summed E-state index contributed by atoms with van der Waals surface area (Å²) in [5, 5.41) is 2.85. The van der Waals surface area contributed by atoms with Gasteiger partial charge in [-0.05, 0) is 79.8 Å². The van der Waals surface area contributed by atoms with Crippen LogP contribution in [0.1, 0.15) is 34.3 Å². The van der Waals surface area contributed by atoms with Crippen molar-refractivity contribution in [1.82, 2.24) is 9.62 Å². The highest BCUT2D eigenvalue weighted by atomic mass is 32.2. The average Bonchev–Trinajstić information content (AvgIpc) is 3.26. The van der Waals surface area contributed by atoms with E-state index in [2.05, 4.69) is 14.9 Å². The maximum atomic E-state index is 12.5. The van der Waals surface area contributed by atoms with E-state index in [1.165, 1.54) is 23.3 Å². The third-order valence-electron chi connectivity index (χ3n) is 5.83. The molecule has 1 aliphatic heterocycles. The number of fused-ring (bicyclic) bond motifs is 1. The molecular weight excluding hydrogens is 414 g/mol. The smallest absolute Gasteiger partial charge is 0.255 e. The van der Waals surface area contributed by atoms with E-state index in [9.17, 15) is 13.2 Å². The first-order chi connectivity index (χ1) is 15.0. The number of ether oxygens (including phenoxy) is 1. The van der Waals surface area contributed by atoms with Crippen LogP contribution >= 0.6 is 0 Å². The number of hydrogen-bond donors (Lipinski definition) is 2. The van der Waals surface area contributed by atoms with E-state index in [0.717, 1.165) is 58.5 Å². The second-order valence-corrected chi connectivity index (χ2v) is 9.79. The molecule has 0 spiro atoms. The van der Waals surface area contributed by atoms with E-state index in [0.29, 0.717) is 17.8 Å². The zero-order chi connectivity index (χ0) is 21.7. The van der Waals surface area contributed by atoms with E-state index in [-0.39, 0.29) is 10.8 Å². The highest BCUT2D eigenvalue weighted by Crippen LogP contribution is 2.23. The Bertz CT molecular complexity index is 1020. The van der Waals surface area contributed by atoms with Gasteiger partial charge in [0.15, 0.2) is 0 Å². The normalized spacial score (nSPS) is 16.8. The molecule has 1 heterocycles. The van der Waals surface area contributed by atoms with E-state index >= 15 is 0 Å². The number of nitrogens with one attached hydrogen (secondary N) is 2. The summed E-state index contributed by atoms with van der Waals surface area (Å²) in [5.74, 6) is -0.188. The molecule has 0 saturated carbocycles. The number of rotatable bonds is 8. The molecule has 2 aliphatic rings. The Morgan fingerprint density at radius 2 is 1.74 bits per heavy atom. The lowest BCUT2D eigenvalue weighted by Crippen LogP contribution is -2.38. The fourth-order valence-corrected chi connectivity index (χ4v) is 5.13. The van der Waals surface area contributed by atoms with Gasteiger partial charge in [-0.2, -0.15) is 0 Å². The number of anilines is 1. The number of benzene rings is 2. The third-order valence-corrected chi connectivity index (χ3v) is 7.31. The van der Waals surface area contributed by atoms with Crippen molar-refractivity contribution in [2.24, 2.45) is 0 Å². The van der Waals surface area contributed by atoms with Gasteiger partial charge in [-0.15, -0.1) is 0 Å². The van der Waals surface area contributed by atoms with E-state index < -0.39 is 10.0 Å². The number of sulfonamides is 1. The third kappa shape index (κ3) is 5.71. The molecule has 0 radical (unpaired) electrons. The van der Waals surface area contributed by atoms with Crippen molar-refractivity contribution in [2.75, 3.05) is 44.7 Å². The lowest BCUT2D eigenvalue weighted by Gasteiger charge is -2.26. The van der Waals surface area contributed by atoms with Crippen LogP contribution in [0.5, 0.6) is 0 Å². The fourth-order valence-electron chi connectivity index (χ4n) is 4.05. The molecule has 4 rings (SSSR count).